The molecule has 2 heterocycles. The minimum atomic E-state index is -0.519. The molecule has 162 valence electrons. The summed E-state index contributed by atoms with van der Waals surface area (Å²) in [7, 11) is 0. The van der Waals surface area contributed by atoms with Crippen molar-refractivity contribution in [3.63, 3.8) is 0 Å². The van der Waals surface area contributed by atoms with Crippen molar-refractivity contribution in [3.8, 4) is 0 Å². The van der Waals surface area contributed by atoms with Crippen LogP contribution in [0.4, 0.5) is 11.4 Å². The van der Waals surface area contributed by atoms with Crippen LogP contribution in [-0.4, -0.2) is 43.5 Å². The first-order valence-electron chi connectivity index (χ1n) is 10.4. The van der Waals surface area contributed by atoms with Crippen molar-refractivity contribution >= 4 is 40.7 Å². The van der Waals surface area contributed by atoms with Crippen molar-refractivity contribution in [1.82, 2.24) is 5.32 Å². The summed E-state index contributed by atoms with van der Waals surface area (Å²) in [6, 6.07) is 13.8. The number of hydrogen-bond acceptors (Lipinski definition) is 4. The molecule has 8 heteroatoms. The normalized spacial score (nSPS) is 20.7. The summed E-state index contributed by atoms with van der Waals surface area (Å²) in [5.74, 6) is -1.22. The molecule has 31 heavy (non-hydrogen) atoms. The van der Waals surface area contributed by atoms with Gasteiger partial charge in [-0.2, -0.15) is 0 Å². The highest BCUT2D eigenvalue weighted by Gasteiger charge is 2.35. The van der Waals surface area contributed by atoms with Crippen LogP contribution in [0.1, 0.15) is 29.6 Å². The highest BCUT2D eigenvalue weighted by Crippen LogP contribution is 2.28. The number of ether oxygens (including phenoxy) is 1. The Morgan fingerprint density at radius 3 is 2.77 bits per heavy atom. The Labute approximate surface area is 185 Å². The van der Waals surface area contributed by atoms with E-state index in [1.807, 2.05) is 0 Å². The summed E-state index contributed by atoms with van der Waals surface area (Å²) in [5, 5.41) is 6.23. The van der Waals surface area contributed by atoms with Gasteiger partial charge in [-0.3, -0.25) is 14.4 Å². The molecule has 4 rings (SSSR count). The number of nitrogens with one attached hydrogen (secondary N) is 2. The summed E-state index contributed by atoms with van der Waals surface area (Å²) >= 11 is 6.03. The molecule has 2 N–H and O–H groups in total. The number of carbonyl (C=O) groups is 3. The zero-order valence-electron chi connectivity index (χ0n) is 17.0. The zero-order valence-corrected chi connectivity index (χ0v) is 17.7. The fraction of sp³-hybridized carbons (Fsp3) is 0.348. The lowest BCUT2D eigenvalue weighted by Crippen LogP contribution is -2.33. The van der Waals surface area contributed by atoms with E-state index in [1.54, 1.807) is 53.4 Å². The fourth-order valence-electron chi connectivity index (χ4n) is 3.91. The van der Waals surface area contributed by atoms with Gasteiger partial charge >= 0.3 is 0 Å². The second kappa shape index (κ2) is 9.49. The van der Waals surface area contributed by atoms with E-state index in [9.17, 15) is 14.4 Å². The number of amides is 3. The SMILES string of the molecule is O=C(NC[C@@H]1CCCO1)c1ccccc1NC(=O)[C@@H]1CC(=O)N(c2cccc(Cl)c2)C1. The van der Waals surface area contributed by atoms with Gasteiger partial charge in [-0.05, 0) is 43.2 Å². The smallest absolute Gasteiger partial charge is 0.253 e. The highest BCUT2D eigenvalue weighted by molar-refractivity contribution is 6.31. The molecule has 0 spiro atoms. The standard InChI is InChI=1S/C23H24ClN3O4/c24-16-5-3-6-17(12-16)27-14-15(11-21(27)28)22(29)26-20-9-2-1-8-19(20)23(30)25-13-18-7-4-10-31-18/h1-3,5-6,8-9,12,15,18H,4,7,10-11,13-14H2,(H,25,30)(H,26,29)/t15-,18+/m1/s1. The molecule has 0 radical (unpaired) electrons. The molecule has 2 saturated heterocycles. The molecular formula is C23H24ClN3O4. The fourth-order valence-corrected chi connectivity index (χ4v) is 4.09. The first-order chi connectivity index (χ1) is 15.0. The van der Waals surface area contributed by atoms with Gasteiger partial charge in [0.2, 0.25) is 11.8 Å². The van der Waals surface area contributed by atoms with E-state index in [0.29, 0.717) is 28.5 Å². The summed E-state index contributed by atoms with van der Waals surface area (Å²) in [5.41, 5.74) is 1.47. The first-order valence-corrected chi connectivity index (χ1v) is 10.7. The lowest BCUT2D eigenvalue weighted by atomic mass is 10.1. The largest absolute Gasteiger partial charge is 0.376 e. The molecule has 0 unspecified atom stereocenters. The lowest BCUT2D eigenvalue weighted by Gasteiger charge is -2.17. The molecule has 7 nitrogen and oxygen atoms in total. The summed E-state index contributed by atoms with van der Waals surface area (Å²) in [4.78, 5) is 39.6. The van der Waals surface area contributed by atoms with Crippen molar-refractivity contribution < 1.29 is 19.1 Å². The van der Waals surface area contributed by atoms with Crippen LogP contribution in [0.15, 0.2) is 48.5 Å². The molecule has 2 aromatic carbocycles. The van der Waals surface area contributed by atoms with Crippen LogP contribution in [0.2, 0.25) is 5.02 Å². The Morgan fingerprint density at radius 2 is 2.00 bits per heavy atom. The van der Waals surface area contributed by atoms with E-state index in [2.05, 4.69) is 10.6 Å². The lowest BCUT2D eigenvalue weighted by molar-refractivity contribution is -0.122. The molecule has 2 aliphatic heterocycles. The summed E-state index contributed by atoms with van der Waals surface area (Å²) in [6.07, 6.45) is 2.07. The minimum absolute atomic E-state index is 0.0349. The van der Waals surface area contributed by atoms with E-state index >= 15 is 0 Å². The molecule has 2 fully saturated rings. The van der Waals surface area contributed by atoms with Gasteiger partial charge in [0.05, 0.1) is 23.3 Å². The number of benzene rings is 2. The molecule has 3 amide bonds. The predicted octanol–water partition coefficient (Wildman–Crippen LogP) is 3.24. The maximum Gasteiger partial charge on any atom is 0.253 e. The Morgan fingerprint density at radius 1 is 1.16 bits per heavy atom. The average Bonchev–Trinajstić information content (AvgIpc) is 3.42. The highest BCUT2D eigenvalue weighted by atomic mass is 35.5. The van der Waals surface area contributed by atoms with Crippen LogP contribution in [-0.2, 0) is 14.3 Å². The number of hydrogen-bond donors (Lipinski definition) is 2. The number of rotatable bonds is 6. The molecule has 0 bridgehead atoms. The van der Waals surface area contributed by atoms with Crippen LogP contribution in [0.5, 0.6) is 0 Å². The maximum atomic E-state index is 12.9. The van der Waals surface area contributed by atoms with Gasteiger partial charge in [-0.15, -0.1) is 0 Å². The van der Waals surface area contributed by atoms with E-state index < -0.39 is 5.92 Å². The summed E-state index contributed by atoms with van der Waals surface area (Å²) < 4.78 is 5.54. The van der Waals surface area contributed by atoms with Crippen LogP contribution in [0, 0.1) is 5.92 Å². The Bertz CT molecular complexity index is 990. The Kier molecular flexibility index (Phi) is 6.53. The Balaban J connectivity index is 1.40. The number of halogens is 1. The first kappa shape index (κ1) is 21.3. The van der Waals surface area contributed by atoms with E-state index in [-0.39, 0.29) is 36.8 Å². The zero-order chi connectivity index (χ0) is 21.8. The van der Waals surface area contributed by atoms with Crippen LogP contribution in [0.3, 0.4) is 0 Å². The Hall–Kier alpha value is -2.90. The van der Waals surface area contributed by atoms with Gasteiger partial charge in [0, 0.05) is 36.8 Å². The van der Waals surface area contributed by atoms with E-state index in [4.69, 9.17) is 16.3 Å². The molecular weight excluding hydrogens is 418 g/mol. The van der Waals surface area contributed by atoms with Gasteiger partial charge < -0.3 is 20.3 Å². The van der Waals surface area contributed by atoms with E-state index in [1.165, 1.54) is 0 Å². The number of nitrogens with zero attached hydrogens (tertiary/aromatic N) is 1. The van der Waals surface area contributed by atoms with E-state index in [0.717, 1.165) is 19.4 Å². The molecule has 0 saturated carbocycles. The maximum absolute atomic E-state index is 12.9. The van der Waals surface area contributed by atoms with Gasteiger partial charge in [0.25, 0.3) is 5.91 Å². The molecule has 2 aromatic rings. The van der Waals surface area contributed by atoms with Crippen molar-refractivity contribution in [2.75, 3.05) is 29.9 Å². The van der Waals surface area contributed by atoms with Gasteiger partial charge in [0.15, 0.2) is 0 Å². The van der Waals surface area contributed by atoms with Gasteiger partial charge in [-0.1, -0.05) is 29.8 Å². The quantitative estimate of drug-likeness (QED) is 0.720. The monoisotopic (exact) mass is 441 g/mol. The number of para-hydroxylation sites is 1. The topological polar surface area (TPSA) is 87.7 Å². The second-order valence-electron chi connectivity index (χ2n) is 7.77. The molecule has 2 atom stereocenters. The molecule has 2 aliphatic rings. The van der Waals surface area contributed by atoms with Crippen molar-refractivity contribution in [2.24, 2.45) is 5.92 Å². The molecule has 0 aliphatic carbocycles. The average molecular weight is 442 g/mol. The predicted molar refractivity (Wildman–Crippen MR) is 118 cm³/mol. The second-order valence-corrected chi connectivity index (χ2v) is 8.20. The van der Waals surface area contributed by atoms with Crippen molar-refractivity contribution in [3.05, 3.63) is 59.1 Å². The summed E-state index contributed by atoms with van der Waals surface area (Å²) in [6.45, 7) is 1.42. The third kappa shape index (κ3) is 5.06. The molecule has 0 aromatic heterocycles. The van der Waals surface area contributed by atoms with Crippen LogP contribution in [0.25, 0.3) is 0 Å². The van der Waals surface area contributed by atoms with Crippen molar-refractivity contribution in [2.45, 2.75) is 25.4 Å². The van der Waals surface area contributed by atoms with Gasteiger partial charge in [-0.25, -0.2) is 0 Å². The minimum Gasteiger partial charge on any atom is -0.376 e. The van der Waals surface area contributed by atoms with Gasteiger partial charge in [0.1, 0.15) is 0 Å². The van der Waals surface area contributed by atoms with Crippen molar-refractivity contribution in [1.29, 1.82) is 0 Å². The van der Waals surface area contributed by atoms with Crippen LogP contribution >= 0.6 is 11.6 Å². The number of anilines is 2. The third-order valence-corrected chi connectivity index (χ3v) is 5.79. The number of carbonyl (C=O) groups excluding carboxylic acids is 3. The van der Waals surface area contributed by atoms with Crippen LogP contribution < -0.4 is 15.5 Å². The third-order valence-electron chi connectivity index (χ3n) is 5.56.